The molecule has 26 heavy (non-hydrogen) atoms. The van der Waals surface area contributed by atoms with Crippen molar-refractivity contribution >= 4 is 16.9 Å². The van der Waals surface area contributed by atoms with Gasteiger partial charge >= 0.3 is 0 Å². The van der Waals surface area contributed by atoms with Crippen LogP contribution in [0.15, 0.2) is 54.6 Å². The molecule has 0 atom stereocenters. The largest absolute Gasteiger partial charge is 0.341 e. The molecule has 4 nitrogen and oxygen atoms in total. The van der Waals surface area contributed by atoms with E-state index >= 15 is 0 Å². The molecule has 0 N–H and O–H groups in total. The monoisotopic (exact) mass is 347 g/mol. The van der Waals surface area contributed by atoms with Crippen LogP contribution in [0, 0.1) is 0 Å². The predicted octanol–water partition coefficient (Wildman–Crippen LogP) is 4.03. The number of nitrogens with zero attached hydrogens (tertiary/aromatic N) is 3. The molecule has 2 aromatic carbocycles. The van der Waals surface area contributed by atoms with E-state index in [4.69, 9.17) is 4.98 Å². The summed E-state index contributed by atoms with van der Waals surface area (Å²) in [7, 11) is 0. The van der Waals surface area contributed by atoms with E-state index in [1.54, 1.807) is 0 Å². The number of hydrogen-bond acceptors (Lipinski definition) is 2. The van der Waals surface area contributed by atoms with Crippen LogP contribution in [0.3, 0.4) is 0 Å². The lowest BCUT2D eigenvalue weighted by Crippen LogP contribution is -2.34. The Morgan fingerprint density at radius 1 is 0.885 bits per heavy atom. The molecule has 2 heterocycles. The highest BCUT2D eigenvalue weighted by atomic mass is 16.2. The van der Waals surface area contributed by atoms with Gasteiger partial charge in [0.1, 0.15) is 12.4 Å². The van der Waals surface area contributed by atoms with Crippen molar-refractivity contribution in [2.24, 2.45) is 0 Å². The van der Waals surface area contributed by atoms with Crippen LogP contribution in [0.25, 0.3) is 11.0 Å². The van der Waals surface area contributed by atoms with Gasteiger partial charge in [-0.3, -0.25) is 4.79 Å². The molecule has 3 aromatic rings. The van der Waals surface area contributed by atoms with Gasteiger partial charge in [0.05, 0.1) is 11.0 Å². The Labute approximate surface area is 154 Å². The molecule has 4 rings (SSSR count). The summed E-state index contributed by atoms with van der Waals surface area (Å²) in [5.41, 5.74) is 3.22. The zero-order chi connectivity index (χ0) is 17.8. The Morgan fingerprint density at radius 2 is 1.58 bits per heavy atom. The lowest BCUT2D eigenvalue weighted by Gasteiger charge is -2.21. The van der Waals surface area contributed by atoms with Crippen LogP contribution in [0.2, 0.25) is 0 Å². The van der Waals surface area contributed by atoms with Gasteiger partial charge in [-0.2, -0.15) is 0 Å². The molecule has 4 heteroatoms. The molecule has 1 aliphatic rings. The summed E-state index contributed by atoms with van der Waals surface area (Å²) in [5.74, 6) is 1.17. The number of hydrogen-bond donors (Lipinski definition) is 0. The highest BCUT2D eigenvalue weighted by molar-refractivity contribution is 5.81. The maximum absolute atomic E-state index is 12.9. The van der Waals surface area contributed by atoms with Crippen molar-refractivity contribution in [1.29, 1.82) is 0 Å². The van der Waals surface area contributed by atoms with E-state index in [0.717, 1.165) is 49.2 Å². The summed E-state index contributed by atoms with van der Waals surface area (Å²) in [5, 5.41) is 0. The number of rotatable bonds is 4. The average Bonchev–Trinajstić information content (AvgIpc) is 2.85. The quantitative estimate of drug-likeness (QED) is 0.715. The third-order valence-electron chi connectivity index (χ3n) is 5.19. The molecular weight excluding hydrogens is 322 g/mol. The molecule has 0 bridgehead atoms. The summed E-state index contributed by atoms with van der Waals surface area (Å²) in [6.07, 6.45) is 5.44. The summed E-state index contributed by atoms with van der Waals surface area (Å²) < 4.78 is 2.11. The molecule has 134 valence electrons. The summed E-state index contributed by atoms with van der Waals surface area (Å²) in [6.45, 7) is 2.15. The Bertz CT molecular complexity index is 877. The van der Waals surface area contributed by atoms with Gasteiger partial charge < -0.3 is 9.47 Å². The van der Waals surface area contributed by atoms with E-state index in [2.05, 4.69) is 22.8 Å². The second-order valence-corrected chi connectivity index (χ2v) is 7.06. The fourth-order valence-corrected chi connectivity index (χ4v) is 3.77. The van der Waals surface area contributed by atoms with Gasteiger partial charge in [0.2, 0.25) is 5.91 Å². The first-order chi connectivity index (χ1) is 12.8. The second-order valence-electron chi connectivity index (χ2n) is 7.06. The fourth-order valence-electron chi connectivity index (χ4n) is 3.77. The Balaban J connectivity index is 1.63. The van der Waals surface area contributed by atoms with Gasteiger partial charge in [0, 0.05) is 19.5 Å². The predicted molar refractivity (Wildman–Crippen MR) is 104 cm³/mol. The maximum Gasteiger partial charge on any atom is 0.242 e. The number of amides is 1. The van der Waals surface area contributed by atoms with Crippen LogP contribution >= 0.6 is 0 Å². The first kappa shape index (κ1) is 16.8. The molecule has 0 saturated carbocycles. The molecule has 0 unspecified atom stereocenters. The van der Waals surface area contributed by atoms with Crippen LogP contribution in [0.1, 0.15) is 37.1 Å². The van der Waals surface area contributed by atoms with E-state index in [0.29, 0.717) is 6.54 Å². The van der Waals surface area contributed by atoms with E-state index in [9.17, 15) is 4.79 Å². The van der Waals surface area contributed by atoms with Crippen molar-refractivity contribution in [3.05, 3.63) is 66.0 Å². The SMILES string of the molecule is O=C(Cn1c(Cc2ccccc2)nc2ccccc21)N1CCCCCC1. The van der Waals surface area contributed by atoms with Crippen LogP contribution in [0.5, 0.6) is 0 Å². The lowest BCUT2D eigenvalue weighted by atomic mass is 10.1. The van der Waals surface area contributed by atoms with Crippen molar-refractivity contribution in [2.45, 2.75) is 38.6 Å². The van der Waals surface area contributed by atoms with E-state index in [1.807, 2.05) is 41.3 Å². The van der Waals surface area contributed by atoms with Gasteiger partial charge in [0.15, 0.2) is 0 Å². The Hall–Kier alpha value is -2.62. The number of aromatic nitrogens is 2. The molecule has 1 aromatic heterocycles. The van der Waals surface area contributed by atoms with E-state index < -0.39 is 0 Å². The smallest absolute Gasteiger partial charge is 0.242 e. The van der Waals surface area contributed by atoms with Gasteiger partial charge in [-0.15, -0.1) is 0 Å². The summed E-state index contributed by atoms with van der Waals surface area (Å²) in [4.78, 5) is 19.8. The van der Waals surface area contributed by atoms with Crippen molar-refractivity contribution < 1.29 is 4.79 Å². The number of benzene rings is 2. The molecule has 0 aliphatic carbocycles. The topological polar surface area (TPSA) is 38.1 Å². The minimum Gasteiger partial charge on any atom is -0.341 e. The number of carbonyl (C=O) groups excluding carboxylic acids is 1. The van der Waals surface area contributed by atoms with Crippen molar-refractivity contribution in [3.8, 4) is 0 Å². The highest BCUT2D eigenvalue weighted by Gasteiger charge is 2.19. The number of likely N-dealkylation sites (tertiary alicyclic amines) is 1. The fraction of sp³-hybridized carbons (Fsp3) is 0.364. The van der Waals surface area contributed by atoms with Crippen LogP contribution in [-0.2, 0) is 17.8 Å². The van der Waals surface area contributed by atoms with Crippen LogP contribution in [0.4, 0.5) is 0 Å². The molecule has 0 spiro atoms. The Morgan fingerprint density at radius 3 is 2.35 bits per heavy atom. The third-order valence-corrected chi connectivity index (χ3v) is 5.19. The van der Waals surface area contributed by atoms with Crippen molar-refractivity contribution in [3.63, 3.8) is 0 Å². The minimum atomic E-state index is 0.212. The van der Waals surface area contributed by atoms with Crippen molar-refractivity contribution in [1.82, 2.24) is 14.5 Å². The van der Waals surface area contributed by atoms with Crippen LogP contribution in [-0.4, -0.2) is 33.4 Å². The number of para-hydroxylation sites is 2. The molecule has 1 aliphatic heterocycles. The van der Waals surface area contributed by atoms with Gasteiger partial charge in [-0.25, -0.2) is 4.98 Å². The van der Waals surface area contributed by atoms with E-state index in [1.165, 1.54) is 18.4 Å². The standard InChI is InChI=1S/C22H25N3O/c26-22(24-14-8-1-2-9-15-24)17-25-20-13-7-6-12-19(20)23-21(25)16-18-10-4-3-5-11-18/h3-7,10-13H,1-2,8-9,14-17H2. The molecule has 1 fully saturated rings. The van der Waals surface area contributed by atoms with Gasteiger partial charge in [0.25, 0.3) is 0 Å². The van der Waals surface area contributed by atoms with Crippen LogP contribution < -0.4 is 0 Å². The van der Waals surface area contributed by atoms with E-state index in [-0.39, 0.29) is 5.91 Å². The first-order valence-electron chi connectivity index (χ1n) is 9.57. The van der Waals surface area contributed by atoms with Gasteiger partial charge in [-0.05, 0) is 30.5 Å². The lowest BCUT2D eigenvalue weighted by molar-refractivity contribution is -0.131. The maximum atomic E-state index is 12.9. The summed E-state index contributed by atoms with van der Waals surface area (Å²) in [6, 6.07) is 18.4. The van der Waals surface area contributed by atoms with Gasteiger partial charge in [-0.1, -0.05) is 55.3 Å². The number of carbonyl (C=O) groups is 1. The zero-order valence-corrected chi connectivity index (χ0v) is 15.1. The average molecular weight is 347 g/mol. The normalized spacial score (nSPS) is 15.2. The number of fused-ring (bicyclic) bond motifs is 1. The molecule has 1 saturated heterocycles. The Kier molecular flexibility index (Phi) is 5.00. The van der Waals surface area contributed by atoms with Crippen molar-refractivity contribution in [2.75, 3.05) is 13.1 Å². The molecular formula is C22H25N3O. The zero-order valence-electron chi connectivity index (χ0n) is 15.1. The third kappa shape index (κ3) is 3.64. The summed E-state index contributed by atoms with van der Waals surface area (Å²) >= 11 is 0. The first-order valence-corrected chi connectivity index (χ1v) is 9.57. The molecule has 1 amide bonds. The highest BCUT2D eigenvalue weighted by Crippen LogP contribution is 2.19. The number of imidazole rings is 1. The second kappa shape index (κ2) is 7.73. The molecule has 0 radical (unpaired) electrons. The minimum absolute atomic E-state index is 0.212.